The highest BCUT2D eigenvalue weighted by molar-refractivity contribution is 7.97. The molecule has 0 unspecified atom stereocenters. The van der Waals surface area contributed by atoms with Crippen LogP contribution in [-0.4, -0.2) is 18.2 Å². The zero-order chi connectivity index (χ0) is 28.9. The van der Waals surface area contributed by atoms with Gasteiger partial charge in [-0.05, 0) is 62.4 Å². The number of carbonyl (C=O) groups is 1. The van der Waals surface area contributed by atoms with E-state index in [-0.39, 0.29) is 10.9 Å². The zero-order valence-electron chi connectivity index (χ0n) is 21.5. The lowest BCUT2D eigenvalue weighted by atomic mass is 10.1. The fraction of sp³-hybridized carbons (Fsp3) is 0.129. The number of carbonyl (C=O) groups excluding carboxylic acids is 1. The molecule has 9 heteroatoms. The van der Waals surface area contributed by atoms with Crippen molar-refractivity contribution in [3.8, 4) is 17.6 Å². The molecular weight excluding hydrogens is 542 g/mol. The molecule has 0 radical (unpaired) electrons. The first kappa shape index (κ1) is 28.6. The molecule has 0 saturated carbocycles. The number of ether oxygens (including phenoxy) is 2. The largest absolute Gasteiger partial charge is 0.482 e. The van der Waals surface area contributed by atoms with E-state index < -0.39 is 52.7 Å². The van der Waals surface area contributed by atoms with Gasteiger partial charge >= 0.3 is 5.97 Å². The molecule has 0 aliphatic carbocycles. The highest BCUT2D eigenvalue weighted by atomic mass is 32.2. The summed E-state index contributed by atoms with van der Waals surface area (Å²) in [6, 6.07) is 27.5. The second-order valence-corrected chi connectivity index (χ2v) is 11.0. The summed E-state index contributed by atoms with van der Waals surface area (Å²) in [7, 11) is -0.345. The lowest BCUT2D eigenvalue weighted by molar-refractivity contribution is -0.154. The van der Waals surface area contributed by atoms with Gasteiger partial charge in [-0.25, -0.2) is 22.4 Å². The Bertz CT molecular complexity index is 1500. The normalized spacial score (nSPS) is 11.1. The third kappa shape index (κ3) is 6.58. The van der Waals surface area contributed by atoms with Gasteiger partial charge in [0.05, 0.1) is 10.9 Å². The number of esters is 1. The van der Waals surface area contributed by atoms with Gasteiger partial charge in [0.25, 0.3) is 0 Å². The molecule has 0 amide bonds. The Labute approximate surface area is 232 Å². The van der Waals surface area contributed by atoms with Crippen molar-refractivity contribution >= 4 is 22.6 Å². The topological polar surface area (TPSA) is 61.5 Å². The molecule has 4 nitrogen and oxygen atoms in total. The molecule has 4 aromatic rings. The van der Waals surface area contributed by atoms with Crippen LogP contribution in [0.3, 0.4) is 0 Å². The van der Waals surface area contributed by atoms with Gasteiger partial charge < -0.3 is 15.2 Å². The van der Waals surface area contributed by atoms with Gasteiger partial charge in [-0.15, -0.1) is 0 Å². The van der Waals surface area contributed by atoms with E-state index in [1.807, 2.05) is 54.5 Å². The molecule has 0 bridgehead atoms. The standard InChI is InChI=1S/C31H24F4NO3S/c1-31(2,18-17-24-26(32)28(34)30(36)29(35)27(24)33)39-25(37)19-38-20-13-15-23(16-14-20)40(21-9-5-3-6-10-21)22-11-7-4-8-12-22/h3-16H,19,36H2,1-2H3/q+1. The minimum Gasteiger partial charge on any atom is -0.482 e. The van der Waals surface area contributed by atoms with E-state index >= 15 is 0 Å². The van der Waals surface area contributed by atoms with Crippen molar-refractivity contribution in [1.82, 2.24) is 0 Å². The van der Waals surface area contributed by atoms with E-state index in [4.69, 9.17) is 15.2 Å². The third-order valence-corrected chi connectivity index (χ3v) is 7.76. The maximum absolute atomic E-state index is 14.0. The Morgan fingerprint density at radius 3 is 1.75 bits per heavy atom. The Morgan fingerprint density at radius 1 is 0.775 bits per heavy atom. The number of anilines is 1. The first-order chi connectivity index (χ1) is 19.1. The molecule has 2 N–H and O–H groups in total. The van der Waals surface area contributed by atoms with Gasteiger partial charge in [0.1, 0.15) is 17.0 Å². The van der Waals surface area contributed by atoms with Crippen LogP contribution in [0.25, 0.3) is 0 Å². The highest BCUT2D eigenvalue weighted by Gasteiger charge is 2.28. The fourth-order valence-electron chi connectivity index (χ4n) is 3.65. The maximum Gasteiger partial charge on any atom is 0.345 e. The van der Waals surface area contributed by atoms with E-state index in [1.165, 1.54) is 13.8 Å². The monoisotopic (exact) mass is 566 g/mol. The highest BCUT2D eigenvalue weighted by Crippen LogP contribution is 2.32. The second-order valence-electron chi connectivity index (χ2n) is 8.97. The zero-order valence-corrected chi connectivity index (χ0v) is 22.3. The van der Waals surface area contributed by atoms with Crippen molar-refractivity contribution in [2.24, 2.45) is 0 Å². The molecule has 0 aliphatic rings. The maximum atomic E-state index is 14.0. The van der Waals surface area contributed by atoms with Gasteiger partial charge in [0.2, 0.25) is 0 Å². The van der Waals surface area contributed by atoms with Crippen molar-refractivity contribution in [3.05, 3.63) is 114 Å². The third-order valence-electron chi connectivity index (χ3n) is 5.53. The molecular formula is C31H24F4NO3S+. The molecule has 0 saturated heterocycles. The number of nitrogen functional groups attached to an aromatic ring is 1. The molecule has 0 spiro atoms. The van der Waals surface area contributed by atoms with Crippen LogP contribution in [0, 0.1) is 35.1 Å². The average molecular weight is 567 g/mol. The number of hydrogen-bond acceptors (Lipinski definition) is 4. The predicted molar refractivity (Wildman–Crippen MR) is 145 cm³/mol. The first-order valence-corrected chi connectivity index (χ1v) is 13.2. The lowest BCUT2D eigenvalue weighted by Gasteiger charge is -2.19. The van der Waals surface area contributed by atoms with E-state index in [0.29, 0.717) is 5.75 Å². The lowest BCUT2D eigenvalue weighted by Crippen LogP contribution is -2.29. The SMILES string of the molecule is CC(C)(C#Cc1c(F)c(F)c(N)c(F)c1F)OC(=O)COc1ccc([S+](c2ccccc2)c2ccccc2)cc1. The first-order valence-electron chi connectivity index (χ1n) is 12.0. The van der Waals surface area contributed by atoms with E-state index in [2.05, 4.69) is 30.2 Å². The minimum atomic E-state index is -1.75. The Balaban J connectivity index is 1.42. The Hall–Kier alpha value is -4.42. The van der Waals surface area contributed by atoms with Crippen LogP contribution < -0.4 is 10.5 Å². The number of rotatable bonds is 7. The summed E-state index contributed by atoms with van der Waals surface area (Å²) in [5.41, 5.74) is 0.996. The van der Waals surface area contributed by atoms with Crippen molar-refractivity contribution in [2.75, 3.05) is 12.3 Å². The van der Waals surface area contributed by atoms with Gasteiger partial charge in [-0.2, -0.15) is 0 Å². The summed E-state index contributed by atoms with van der Waals surface area (Å²) in [6.07, 6.45) is 0. The van der Waals surface area contributed by atoms with Gasteiger partial charge in [-0.1, -0.05) is 48.2 Å². The van der Waals surface area contributed by atoms with E-state index in [1.54, 1.807) is 12.1 Å². The van der Waals surface area contributed by atoms with Crippen LogP contribution in [-0.2, 0) is 20.4 Å². The molecule has 4 rings (SSSR count). The summed E-state index contributed by atoms with van der Waals surface area (Å²) < 4.78 is 66.2. The van der Waals surface area contributed by atoms with Gasteiger partial charge in [-0.3, -0.25) is 0 Å². The molecule has 4 aromatic carbocycles. The summed E-state index contributed by atoms with van der Waals surface area (Å²) in [5, 5.41) is 0. The molecule has 0 fully saturated rings. The Kier molecular flexibility index (Phi) is 8.70. The molecule has 0 atom stereocenters. The summed E-state index contributed by atoms with van der Waals surface area (Å²) >= 11 is 0. The number of benzene rings is 4. The fourth-order valence-corrected chi connectivity index (χ4v) is 5.73. The smallest absolute Gasteiger partial charge is 0.345 e. The molecule has 204 valence electrons. The Morgan fingerprint density at radius 2 is 1.25 bits per heavy atom. The summed E-state index contributed by atoms with van der Waals surface area (Å²) in [4.78, 5) is 15.7. The van der Waals surface area contributed by atoms with Crippen molar-refractivity contribution < 1.29 is 31.8 Å². The minimum absolute atomic E-state index is 0.345. The van der Waals surface area contributed by atoms with Crippen molar-refractivity contribution in [1.29, 1.82) is 0 Å². The van der Waals surface area contributed by atoms with E-state index in [9.17, 15) is 22.4 Å². The van der Waals surface area contributed by atoms with Gasteiger partial charge in [0, 0.05) is 0 Å². The van der Waals surface area contributed by atoms with Crippen molar-refractivity contribution in [2.45, 2.75) is 34.1 Å². The quantitative estimate of drug-likeness (QED) is 0.0678. The van der Waals surface area contributed by atoms with Crippen LogP contribution in [0.15, 0.2) is 99.6 Å². The number of hydrogen-bond donors (Lipinski definition) is 1. The van der Waals surface area contributed by atoms with Crippen molar-refractivity contribution in [3.63, 3.8) is 0 Å². The van der Waals surface area contributed by atoms with Crippen LogP contribution >= 0.6 is 0 Å². The number of halogens is 4. The molecule has 0 aromatic heterocycles. The molecule has 40 heavy (non-hydrogen) atoms. The molecule has 0 heterocycles. The van der Waals surface area contributed by atoms with Crippen LogP contribution in [0.1, 0.15) is 19.4 Å². The second kappa shape index (κ2) is 12.2. The summed E-state index contributed by atoms with van der Waals surface area (Å²) in [6.45, 7) is 2.23. The summed E-state index contributed by atoms with van der Waals surface area (Å²) in [5.74, 6) is -3.06. The van der Waals surface area contributed by atoms with Crippen LogP contribution in [0.2, 0.25) is 0 Å². The molecule has 0 aliphatic heterocycles. The average Bonchev–Trinajstić information content (AvgIpc) is 2.95. The van der Waals surface area contributed by atoms with Gasteiger partial charge in [0.15, 0.2) is 50.2 Å². The van der Waals surface area contributed by atoms with Crippen LogP contribution in [0.4, 0.5) is 23.2 Å². The van der Waals surface area contributed by atoms with E-state index in [0.717, 1.165) is 14.7 Å². The number of nitrogens with two attached hydrogens (primary N) is 1. The predicted octanol–water partition coefficient (Wildman–Crippen LogP) is 6.67. The van der Waals surface area contributed by atoms with Crippen LogP contribution in [0.5, 0.6) is 5.75 Å².